The number of carbonyl (C=O) groups is 1. The van der Waals surface area contributed by atoms with Gasteiger partial charge in [-0.25, -0.2) is 13.1 Å². The molecular weight excluding hydrogens is 254 g/mol. The second-order valence-electron chi connectivity index (χ2n) is 4.06. The third-order valence-corrected chi connectivity index (χ3v) is 3.78. The zero-order chi connectivity index (χ0) is 13.8. The monoisotopic (exact) mass is 271 g/mol. The van der Waals surface area contributed by atoms with Gasteiger partial charge in [0.2, 0.25) is 15.9 Å². The van der Waals surface area contributed by atoms with E-state index in [4.69, 9.17) is 11.5 Å². The average molecular weight is 271 g/mol. The second kappa shape index (κ2) is 5.94. The van der Waals surface area contributed by atoms with E-state index in [0.717, 1.165) is 0 Å². The zero-order valence-corrected chi connectivity index (χ0v) is 10.9. The summed E-state index contributed by atoms with van der Waals surface area (Å²) in [5, 5.41) is 0. The molecule has 1 rings (SSSR count). The molecule has 0 aliphatic rings. The summed E-state index contributed by atoms with van der Waals surface area (Å²) in [6, 6.07) is 5.51. The smallest absolute Gasteiger partial charge is 0.248 e. The van der Waals surface area contributed by atoms with Crippen LogP contribution in [-0.2, 0) is 10.0 Å². The predicted octanol–water partition coefficient (Wildman–Crippen LogP) is -0.199. The largest absolute Gasteiger partial charge is 0.366 e. The molecule has 0 radical (unpaired) electrons. The van der Waals surface area contributed by atoms with E-state index in [-0.39, 0.29) is 23.0 Å². The van der Waals surface area contributed by atoms with Gasteiger partial charge in [-0.1, -0.05) is 6.07 Å². The van der Waals surface area contributed by atoms with Crippen LogP contribution in [0.2, 0.25) is 0 Å². The molecule has 1 amide bonds. The molecule has 1 atom stereocenters. The van der Waals surface area contributed by atoms with Crippen molar-refractivity contribution in [3.8, 4) is 0 Å². The van der Waals surface area contributed by atoms with E-state index in [1.54, 1.807) is 6.92 Å². The van der Waals surface area contributed by atoms with Crippen molar-refractivity contribution in [2.75, 3.05) is 6.54 Å². The highest BCUT2D eigenvalue weighted by atomic mass is 32.2. The molecule has 100 valence electrons. The lowest BCUT2D eigenvalue weighted by atomic mass is 10.2. The molecule has 0 heterocycles. The van der Waals surface area contributed by atoms with Gasteiger partial charge in [-0.2, -0.15) is 0 Å². The van der Waals surface area contributed by atoms with Gasteiger partial charge in [-0.3, -0.25) is 4.79 Å². The van der Waals surface area contributed by atoms with Crippen LogP contribution in [0.1, 0.15) is 23.7 Å². The van der Waals surface area contributed by atoms with Crippen LogP contribution < -0.4 is 16.2 Å². The van der Waals surface area contributed by atoms with Crippen LogP contribution in [0.25, 0.3) is 0 Å². The number of nitrogens with one attached hydrogen (secondary N) is 1. The Hall–Kier alpha value is -1.44. The first-order valence-corrected chi connectivity index (χ1v) is 6.96. The maximum Gasteiger partial charge on any atom is 0.248 e. The number of sulfonamides is 1. The standard InChI is InChI=1S/C11H17N3O3S/c1-8(12)5-6-14-18(16,17)10-4-2-3-9(7-10)11(13)15/h2-4,7-8,14H,5-6,12H2,1H3,(H2,13,15). The number of carbonyl (C=O) groups excluding carboxylic acids is 1. The Morgan fingerprint density at radius 3 is 2.67 bits per heavy atom. The van der Waals surface area contributed by atoms with E-state index in [1.807, 2.05) is 0 Å². The molecule has 0 spiro atoms. The lowest BCUT2D eigenvalue weighted by Crippen LogP contribution is -2.29. The molecule has 7 heteroatoms. The SMILES string of the molecule is CC(N)CCNS(=O)(=O)c1cccc(C(N)=O)c1. The minimum Gasteiger partial charge on any atom is -0.366 e. The minimum absolute atomic E-state index is 0.0171. The summed E-state index contributed by atoms with van der Waals surface area (Å²) in [5.41, 5.74) is 10.8. The third-order valence-electron chi connectivity index (χ3n) is 2.32. The van der Waals surface area contributed by atoms with Crippen LogP contribution in [-0.4, -0.2) is 26.9 Å². The summed E-state index contributed by atoms with van der Waals surface area (Å²) in [6.07, 6.45) is 0.536. The Labute approximate surface area is 106 Å². The molecule has 0 fully saturated rings. The van der Waals surface area contributed by atoms with E-state index in [9.17, 15) is 13.2 Å². The van der Waals surface area contributed by atoms with Gasteiger partial charge in [0, 0.05) is 18.2 Å². The molecule has 18 heavy (non-hydrogen) atoms. The number of hydrogen-bond donors (Lipinski definition) is 3. The number of hydrogen-bond acceptors (Lipinski definition) is 4. The van der Waals surface area contributed by atoms with Crippen LogP contribution in [0.5, 0.6) is 0 Å². The predicted molar refractivity (Wildman–Crippen MR) is 68.4 cm³/mol. The van der Waals surface area contributed by atoms with Crippen molar-refractivity contribution in [3.05, 3.63) is 29.8 Å². The van der Waals surface area contributed by atoms with Gasteiger partial charge in [-0.15, -0.1) is 0 Å². The first-order chi connectivity index (χ1) is 8.33. The Bertz CT molecular complexity index is 526. The molecule has 0 aliphatic carbocycles. The summed E-state index contributed by atoms with van der Waals surface area (Å²) < 4.78 is 26.2. The summed E-state index contributed by atoms with van der Waals surface area (Å²) in [4.78, 5) is 11.0. The third kappa shape index (κ3) is 4.10. The Balaban J connectivity index is 2.85. The fraction of sp³-hybridized carbons (Fsp3) is 0.364. The van der Waals surface area contributed by atoms with Gasteiger partial charge in [0.05, 0.1) is 4.90 Å². The van der Waals surface area contributed by atoms with Crippen LogP contribution >= 0.6 is 0 Å². The minimum atomic E-state index is -3.63. The van der Waals surface area contributed by atoms with Crippen LogP contribution in [0.4, 0.5) is 0 Å². The van der Waals surface area contributed by atoms with Crippen LogP contribution in [0, 0.1) is 0 Å². The van der Waals surface area contributed by atoms with Gasteiger partial charge in [0.25, 0.3) is 0 Å². The van der Waals surface area contributed by atoms with Crippen molar-refractivity contribution in [3.63, 3.8) is 0 Å². The number of nitrogens with two attached hydrogens (primary N) is 2. The molecule has 6 nitrogen and oxygen atoms in total. The number of rotatable bonds is 6. The van der Waals surface area contributed by atoms with E-state index in [1.165, 1.54) is 24.3 Å². The van der Waals surface area contributed by atoms with Gasteiger partial charge in [0.15, 0.2) is 0 Å². The van der Waals surface area contributed by atoms with Crippen molar-refractivity contribution in [1.29, 1.82) is 0 Å². The maximum atomic E-state index is 11.9. The summed E-state index contributed by atoms with van der Waals surface area (Å²) in [6.45, 7) is 2.04. The van der Waals surface area contributed by atoms with Crippen LogP contribution in [0.15, 0.2) is 29.2 Å². The van der Waals surface area contributed by atoms with Gasteiger partial charge in [-0.05, 0) is 31.5 Å². The van der Waals surface area contributed by atoms with Crippen molar-refractivity contribution in [2.24, 2.45) is 11.5 Å². The lowest BCUT2D eigenvalue weighted by molar-refractivity contribution is 0.1000. The highest BCUT2D eigenvalue weighted by Gasteiger charge is 2.15. The zero-order valence-electron chi connectivity index (χ0n) is 10.1. The first kappa shape index (κ1) is 14.6. The molecule has 0 bridgehead atoms. The normalized spacial score (nSPS) is 13.2. The Kier molecular flexibility index (Phi) is 4.83. The molecule has 1 aromatic rings. The average Bonchev–Trinajstić information content (AvgIpc) is 2.28. The summed E-state index contributed by atoms with van der Waals surface area (Å²) in [5.74, 6) is -0.664. The molecule has 0 saturated carbocycles. The van der Waals surface area contributed by atoms with E-state index < -0.39 is 15.9 Å². The number of benzene rings is 1. The van der Waals surface area contributed by atoms with Crippen molar-refractivity contribution in [2.45, 2.75) is 24.3 Å². The molecule has 0 saturated heterocycles. The topological polar surface area (TPSA) is 115 Å². The number of amides is 1. The Morgan fingerprint density at radius 2 is 2.11 bits per heavy atom. The summed E-state index contributed by atoms with van der Waals surface area (Å²) >= 11 is 0. The second-order valence-corrected chi connectivity index (χ2v) is 5.82. The van der Waals surface area contributed by atoms with E-state index in [2.05, 4.69) is 4.72 Å². The molecule has 0 aromatic heterocycles. The van der Waals surface area contributed by atoms with Crippen molar-refractivity contribution >= 4 is 15.9 Å². The molecule has 0 aliphatic heterocycles. The molecular formula is C11H17N3O3S. The fourth-order valence-electron chi connectivity index (χ4n) is 1.32. The maximum absolute atomic E-state index is 11.9. The van der Waals surface area contributed by atoms with Gasteiger partial charge >= 0.3 is 0 Å². The van der Waals surface area contributed by atoms with Gasteiger partial charge < -0.3 is 11.5 Å². The molecule has 5 N–H and O–H groups in total. The van der Waals surface area contributed by atoms with Gasteiger partial charge in [0.1, 0.15) is 0 Å². The van der Waals surface area contributed by atoms with Crippen molar-refractivity contribution < 1.29 is 13.2 Å². The fourth-order valence-corrected chi connectivity index (χ4v) is 2.41. The lowest BCUT2D eigenvalue weighted by Gasteiger charge is -2.08. The first-order valence-electron chi connectivity index (χ1n) is 5.48. The summed E-state index contributed by atoms with van der Waals surface area (Å²) in [7, 11) is -3.63. The molecule has 1 unspecified atom stereocenters. The van der Waals surface area contributed by atoms with E-state index in [0.29, 0.717) is 6.42 Å². The highest BCUT2D eigenvalue weighted by molar-refractivity contribution is 7.89. The van der Waals surface area contributed by atoms with Crippen LogP contribution in [0.3, 0.4) is 0 Å². The molecule has 1 aromatic carbocycles. The van der Waals surface area contributed by atoms with Crippen molar-refractivity contribution in [1.82, 2.24) is 4.72 Å². The quantitative estimate of drug-likeness (QED) is 0.664. The van der Waals surface area contributed by atoms with E-state index >= 15 is 0 Å². The highest BCUT2D eigenvalue weighted by Crippen LogP contribution is 2.11. The Morgan fingerprint density at radius 1 is 1.44 bits per heavy atom. The number of primary amides is 1.